The SMILES string of the molecule is CCCCCCCCCCCCCC(=O)N[C@@H](CO[C@@H]1O[C@@H](CO)[C@H](O)[C@H](O)[C@@H]1O)C(=O)O. The van der Waals surface area contributed by atoms with Crippen molar-refractivity contribution in [1.82, 2.24) is 5.32 Å². The summed E-state index contributed by atoms with van der Waals surface area (Å²) >= 11 is 0. The van der Waals surface area contributed by atoms with Gasteiger partial charge in [0.1, 0.15) is 24.4 Å². The molecule has 0 aliphatic carbocycles. The second kappa shape index (κ2) is 17.2. The molecule has 1 saturated heterocycles. The first-order valence-corrected chi connectivity index (χ1v) is 12.3. The van der Waals surface area contributed by atoms with Crippen molar-refractivity contribution in [2.75, 3.05) is 13.2 Å². The van der Waals surface area contributed by atoms with Crippen LogP contribution in [0.15, 0.2) is 0 Å². The monoisotopic (exact) mass is 477 g/mol. The van der Waals surface area contributed by atoms with E-state index in [0.29, 0.717) is 6.42 Å². The molecule has 0 aromatic heterocycles. The third-order valence-electron chi connectivity index (χ3n) is 5.92. The van der Waals surface area contributed by atoms with Crippen LogP contribution in [0.2, 0.25) is 0 Å². The van der Waals surface area contributed by atoms with E-state index in [-0.39, 0.29) is 6.42 Å². The van der Waals surface area contributed by atoms with E-state index in [4.69, 9.17) is 9.47 Å². The van der Waals surface area contributed by atoms with E-state index >= 15 is 0 Å². The van der Waals surface area contributed by atoms with Crippen molar-refractivity contribution < 1.29 is 44.6 Å². The summed E-state index contributed by atoms with van der Waals surface area (Å²) < 4.78 is 10.4. The molecular weight excluding hydrogens is 434 g/mol. The smallest absolute Gasteiger partial charge is 0.328 e. The fourth-order valence-corrected chi connectivity index (χ4v) is 3.79. The van der Waals surface area contributed by atoms with Gasteiger partial charge in [0.2, 0.25) is 5.91 Å². The van der Waals surface area contributed by atoms with E-state index in [2.05, 4.69) is 12.2 Å². The van der Waals surface area contributed by atoms with Crippen LogP contribution in [0.1, 0.15) is 84.0 Å². The predicted octanol–water partition coefficient (Wildman–Crippen LogP) is 1.07. The zero-order chi connectivity index (χ0) is 24.6. The lowest BCUT2D eigenvalue weighted by Crippen LogP contribution is -2.59. The van der Waals surface area contributed by atoms with E-state index in [1.807, 2.05) is 0 Å². The number of aliphatic carboxylic acids is 1. The predicted molar refractivity (Wildman–Crippen MR) is 120 cm³/mol. The summed E-state index contributed by atoms with van der Waals surface area (Å²) in [4.78, 5) is 23.6. The number of ether oxygens (including phenoxy) is 2. The van der Waals surface area contributed by atoms with Crippen LogP contribution in [0.3, 0.4) is 0 Å². The van der Waals surface area contributed by atoms with Crippen LogP contribution in [-0.2, 0) is 19.1 Å². The summed E-state index contributed by atoms with van der Waals surface area (Å²) in [5.74, 6) is -1.72. The summed E-state index contributed by atoms with van der Waals surface area (Å²) in [5.41, 5.74) is 0. The average molecular weight is 478 g/mol. The van der Waals surface area contributed by atoms with Gasteiger partial charge in [-0.25, -0.2) is 4.79 Å². The molecule has 0 unspecified atom stereocenters. The Labute approximate surface area is 196 Å². The minimum atomic E-state index is -1.63. The van der Waals surface area contributed by atoms with Crippen molar-refractivity contribution in [3.63, 3.8) is 0 Å². The second-order valence-electron chi connectivity index (χ2n) is 8.77. The number of aliphatic hydroxyl groups excluding tert-OH is 4. The van der Waals surface area contributed by atoms with Gasteiger partial charge in [-0.2, -0.15) is 0 Å². The molecule has 0 spiro atoms. The molecule has 1 heterocycles. The van der Waals surface area contributed by atoms with E-state index < -0.39 is 61.8 Å². The van der Waals surface area contributed by atoms with Gasteiger partial charge in [-0.3, -0.25) is 4.79 Å². The number of hydrogen-bond donors (Lipinski definition) is 6. The van der Waals surface area contributed by atoms with Crippen molar-refractivity contribution in [2.24, 2.45) is 0 Å². The Kier molecular flexibility index (Phi) is 15.5. The Hall–Kier alpha value is -1.30. The van der Waals surface area contributed by atoms with Crippen molar-refractivity contribution in [3.8, 4) is 0 Å². The van der Waals surface area contributed by atoms with Crippen molar-refractivity contribution in [3.05, 3.63) is 0 Å². The van der Waals surface area contributed by atoms with Gasteiger partial charge in [0.25, 0.3) is 0 Å². The first-order valence-electron chi connectivity index (χ1n) is 12.3. The fourth-order valence-electron chi connectivity index (χ4n) is 3.79. The summed E-state index contributed by atoms with van der Waals surface area (Å²) in [6.45, 7) is 1.07. The normalized spacial score (nSPS) is 26.2. The molecule has 194 valence electrons. The highest BCUT2D eigenvalue weighted by Gasteiger charge is 2.44. The molecule has 6 N–H and O–H groups in total. The maximum Gasteiger partial charge on any atom is 0.328 e. The molecule has 10 heteroatoms. The van der Waals surface area contributed by atoms with E-state index in [1.54, 1.807) is 0 Å². The Morgan fingerprint density at radius 2 is 1.42 bits per heavy atom. The topological polar surface area (TPSA) is 166 Å². The van der Waals surface area contributed by atoms with Gasteiger partial charge in [-0.05, 0) is 6.42 Å². The van der Waals surface area contributed by atoms with E-state index in [1.165, 1.54) is 44.9 Å². The summed E-state index contributed by atoms with van der Waals surface area (Å²) in [7, 11) is 0. The molecule has 1 rings (SSSR count). The zero-order valence-electron chi connectivity index (χ0n) is 19.7. The maximum atomic E-state index is 12.1. The van der Waals surface area contributed by atoms with Crippen LogP contribution < -0.4 is 5.32 Å². The highest BCUT2D eigenvalue weighted by molar-refractivity contribution is 5.83. The van der Waals surface area contributed by atoms with Gasteiger partial charge in [-0.1, -0.05) is 71.1 Å². The highest BCUT2D eigenvalue weighted by atomic mass is 16.7. The summed E-state index contributed by atoms with van der Waals surface area (Å²) in [5, 5.41) is 50.4. The average Bonchev–Trinajstić information content (AvgIpc) is 2.79. The van der Waals surface area contributed by atoms with E-state index in [9.17, 15) is 35.1 Å². The Bertz CT molecular complexity index is 546. The lowest BCUT2D eigenvalue weighted by Gasteiger charge is -2.39. The highest BCUT2D eigenvalue weighted by Crippen LogP contribution is 2.22. The Morgan fingerprint density at radius 1 is 0.879 bits per heavy atom. The first kappa shape index (κ1) is 29.7. The van der Waals surface area contributed by atoms with Gasteiger partial charge in [0.15, 0.2) is 12.3 Å². The lowest BCUT2D eigenvalue weighted by atomic mass is 9.99. The molecule has 0 radical (unpaired) electrons. The third kappa shape index (κ3) is 11.6. The fraction of sp³-hybridized carbons (Fsp3) is 0.913. The van der Waals surface area contributed by atoms with Gasteiger partial charge in [0, 0.05) is 6.42 Å². The number of carboxylic acids is 1. The zero-order valence-corrected chi connectivity index (χ0v) is 19.7. The molecule has 33 heavy (non-hydrogen) atoms. The van der Waals surface area contributed by atoms with Crippen LogP contribution in [-0.4, -0.2) is 87.4 Å². The second-order valence-corrected chi connectivity index (χ2v) is 8.77. The standard InChI is InChI=1S/C23H43NO9/c1-2-3-4-5-6-7-8-9-10-11-12-13-18(26)24-16(22(30)31)15-32-23-21(29)20(28)19(27)17(14-25)33-23/h16-17,19-21,23,25,27-29H,2-15H2,1H3,(H,24,26)(H,30,31)/t16-,17-,19-,20-,21-,23+/m0/s1. The minimum Gasteiger partial charge on any atom is -0.480 e. The number of nitrogens with one attached hydrogen (secondary N) is 1. The van der Waals surface area contributed by atoms with E-state index in [0.717, 1.165) is 19.3 Å². The molecule has 1 amide bonds. The number of carbonyl (C=O) groups excluding carboxylic acids is 1. The number of carboxylic acid groups (broad SMARTS) is 1. The molecule has 6 atom stereocenters. The summed E-state index contributed by atoms with van der Waals surface area (Å²) in [6.07, 6.45) is 5.48. The molecule has 1 aliphatic rings. The third-order valence-corrected chi connectivity index (χ3v) is 5.92. The van der Waals surface area contributed by atoms with Gasteiger partial charge in [-0.15, -0.1) is 0 Å². The number of rotatable bonds is 18. The van der Waals surface area contributed by atoms with Crippen LogP contribution in [0.5, 0.6) is 0 Å². The van der Waals surface area contributed by atoms with Crippen LogP contribution in [0, 0.1) is 0 Å². The minimum absolute atomic E-state index is 0.209. The van der Waals surface area contributed by atoms with Crippen LogP contribution in [0.4, 0.5) is 0 Å². The van der Waals surface area contributed by atoms with Gasteiger partial charge in [0.05, 0.1) is 13.2 Å². The van der Waals surface area contributed by atoms with Crippen molar-refractivity contribution in [1.29, 1.82) is 0 Å². The molecule has 1 fully saturated rings. The molecule has 0 saturated carbocycles. The lowest BCUT2D eigenvalue weighted by molar-refractivity contribution is -0.301. The number of carbonyl (C=O) groups is 2. The van der Waals surface area contributed by atoms with Crippen molar-refractivity contribution >= 4 is 11.9 Å². The van der Waals surface area contributed by atoms with Crippen molar-refractivity contribution in [2.45, 2.75) is 121 Å². The Balaban J connectivity index is 2.23. The largest absolute Gasteiger partial charge is 0.480 e. The van der Waals surface area contributed by atoms with Crippen LogP contribution >= 0.6 is 0 Å². The maximum absolute atomic E-state index is 12.1. The Morgan fingerprint density at radius 3 is 1.94 bits per heavy atom. The molecule has 10 nitrogen and oxygen atoms in total. The molecular formula is C23H43NO9. The van der Waals surface area contributed by atoms with Gasteiger partial charge >= 0.3 is 5.97 Å². The first-order chi connectivity index (χ1) is 15.8. The number of amides is 1. The number of hydrogen-bond acceptors (Lipinski definition) is 8. The number of unbranched alkanes of at least 4 members (excludes halogenated alkanes) is 10. The molecule has 0 bridgehead atoms. The molecule has 0 aromatic carbocycles. The molecule has 1 aliphatic heterocycles. The van der Waals surface area contributed by atoms with Crippen LogP contribution in [0.25, 0.3) is 0 Å². The summed E-state index contributed by atoms with van der Waals surface area (Å²) in [6, 6.07) is -1.36. The number of aliphatic hydroxyl groups is 4. The molecule has 0 aromatic rings. The van der Waals surface area contributed by atoms with Gasteiger partial charge < -0.3 is 40.3 Å². The quantitative estimate of drug-likeness (QED) is 0.158.